The summed E-state index contributed by atoms with van der Waals surface area (Å²) >= 11 is 3.46. The van der Waals surface area contributed by atoms with Gasteiger partial charge >= 0.3 is 0 Å². The number of amides is 1. The van der Waals surface area contributed by atoms with Crippen molar-refractivity contribution >= 4 is 21.8 Å². The highest BCUT2D eigenvalue weighted by Gasteiger charge is 2.29. The Morgan fingerprint density at radius 1 is 1.33 bits per heavy atom. The molecule has 2 rings (SSSR count). The van der Waals surface area contributed by atoms with Crippen LogP contribution in [0.3, 0.4) is 0 Å². The molecule has 0 aliphatic carbocycles. The number of hydrogen-bond donors (Lipinski definition) is 0. The molecule has 1 heterocycles. The van der Waals surface area contributed by atoms with Crippen molar-refractivity contribution in [3.63, 3.8) is 0 Å². The summed E-state index contributed by atoms with van der Waals surface area (Å²) in [5, 5.41) is 0. The first kappa shape index (κ1) is 13.6. The number of carbonyl (C=O) groups is 1. The average Bonchev–Trinajstić information content (AvgIpc) is 2.30. The first-order valence-electron chi connectivity index (χ1n) is 6.57. The monoisotopic (exact) mass is 309 g/mol. The van der Waals surface area contributed by atoms with Crippen LogP contribution in [0.1, 0.15) is 42.6 Å². The summed E-state index contributed by atoms with van der Waals surface area (Å²) in [6.45, 7) is 7.29. The molecule has 1 fully saturated rings. The second-order valence-corrected chi connectivity index (χ2v) is 6.29. The van der Waals surface area contributed by atoms with E-state index in [4.69, 9.17) is 0 Å². The number of carbonyl (C=O) groups excluding carboxylic acids is 1. The Kier molecular flexibility index (Phi) is 4.10. The molecule has 0 radical (unpaired) electrons. The fraction of sp³-hybridized carbons (Fsp3) is 0.533. The molecule has 0 N–H and O–H groups in total. The zero-order chi connectivity index (χ0) is 13.3. The van der Waals surface area contributed by atoms with Gasteiger partial charge in [-0.3, -0.25) is 4.79 Å². The van der Waals surface area contributed by atoms with E-state index in [2.05, 4.69) is 29.8 Å². The molecule has 2 nitrogen and oxygen atoms in total. The molecule has 3 heteroatoms. The fourth-order valence-corrected chi connectivity index (χ4v) is 3.26. The highest BCUT2D eigenvalue weighted by atomic mass is 79.9. The normalized spacial score (nSPS) is 24.1. The van der Waals surface area contributed by atoms with Gasteiger partial charge in [-0.2, -0.15) is 0 Å². The maximum atomic E-state index is 12.6. The molecule has 1 aromatic carbocycles. The standard InChI is InChI=1S/C15H20BrNO/c1-10-7-13(9-14(16)8-10)15(18)17-6-4-5-11(2)12(17)3/h7-9,11-12H,4-6H2,1-3H3. The molecule has 1 aromatic rings. The average molecular weight is 310 g/mol. The van der Waals surface area contributed by atoms with E-state index >= 15 is 0 Å². The van der Waals surface area contributed by atoms with Crippen molar-refractivity contribution in [3.05, 3.63) is 33.8 Å². The lowest BCUT2D eigenvalue weighted by Crippen LogP contribution is -2.46. The van der Waals surface area contributed by atoms with E-state index in [0.29, 0.717) is 12.0 Å². The third-order valence-corrected chi connectivity index (χ3v) is 4.38. The van der Waals surface area contributed by atoms with Crippen LogP contribution in [0.5, 0.6) is 0 Å². The van der Waals surface area contributed by atoms with Gasteiger partial charge < -0.3 is 4.90 Å². The van der Waals surface area contributed by atoms with Crippen LogP contribution in [0.25, 0.3) is 0 Å². The van der Waals surface area contributed by atoms with E-state index < -0.39 is 0 Å². The van der Waals surface area contributed by atoms with E-state index in [1.165, 1.54) is 6.42 Å². The number of nitrogens with zero attached hydrogens (tertiary/aromatic N) is 1. The molecule has 0 aromatic heterocycles. The number of benzene rings is 1. The Balaban J connectivity index is 2.24. The maximum absolute atomic E-state index is 12.6. The van der Waals surface area contributed by atoms with Crippen LogP contribution in [-0.2, 0) is 0 Å². The molecule has 2 atom stereocenters. The minimum Gasteiger partial charge on any atom is -0.336 e. The van der Waals surface area contributed by atoms with Crippen LogP contribution in [-0.4, -0.2) is 23.4 Å². The predicted octanol–water partition coefficient (Wildman–Crippen LogP) is 4.02. The molecular formula is C15H20BrNO. The van der Waals surface area contributed by atoms with E-state index in [-0.39, 0.29) is 5.91 Å². The lowest BCUT2D eigenvalue weighted by Gasteiger charge is -2.38. The number of halogens is 1. The van der Waals surface area contributed by atoms with Crippen molar-refractivity contribution in [2.75, 3.05) is 6.54 Å². The van der Waals surface area contributed by atoms with Gasteiger partial charge in [0.2, 0.25) is 0 Å². The van der Waals surface area contributed by atoms with Crippen molar-refractivity contribution in [2.45, 2.75) is 39.7 Å². The topological polar surface area (TPSA) is 20.3 Å². The van der Waals surface area contributed by atoms with Gasteiger partial charge in [-0.15, -0.1) is 0 Å². The second kappa shape index (κ2) is 5.43. The SMILES string of the molecule is Cc1cc(Br)cc(C(=O)N2CCCC(C)C2C)c1. The second-order valence-electron chi connectivity index (χ2n) is 5.38. The number of likely N-dealkylation sites (tertiary alicyclic amines) is 1. The zero-order valence-electron chi connectivity index (χ0n) is 11.2. The van der Waals surface area contributed by atoms with Crippen LogP contribution < -0.4 is 0 Å². The third kappa shape index (κ3) is 2.77. The molecule has 1 aliphatic rings. The molecule has 18 heavy (non-hydrogen) atoms. The molecule has 1 saturated heterocycles. The molecule has 0 spiro atoms. The van der Waals surface area contributed by atoms with Gasteiger partial charge in [0.05, 0.1) is 0 Å². The summed E-state index contributed by atoms with van der Waals surface area (Å²) in [4.78, 5) is 14.6. The van der Waals surface area contributed by atoms with Crippen molar-refractivity contribution in [1.82, 2.24) is 4.90 Å². The zero-order valence-corrected chi connectivity index (χ0v) is 12.8. The largest absolute Gasteiger partial charge is 0.336 e. The van der Waals surface area contributed by atoms with Crippen molar-refractivity contribution in [3.8, 4) is 0 Å². The van der Waals surface area contributed by atoms with Gasteiger partial charge in [-0.05, 0) is 56.4 Å². The van der Waals surface area contributed by atoms with Crippen LogP contribution in [0, 0.1) is 12.8 Å². The Hall–Kier alpha value is -0.830. The van der Waals surface area contributed by atoms with Crippen molar-refractivity contribution in [1.29, 1.82) is 0 Å². The van der Waals surface area contributed by atoms with Gasteiger partial charge in [0.1, 0.15) is 0 Å². The lowest BCUT2D eigenvalue weighted by molar-refractivity contribution is 0.0551. The van der Waals surface area contributed by atoms with Crippen LogP contribution in [0.4, 0.5) is 0 Å². The minimum absolute atomic E-state index is 0.165. The van der Waals surface area contributed by atoms with Gasteiger partial charge in [-0.1, -0.05) is 22.9 Å². The molecule has 1 amide bonds. The van der Waals surface area contributed by atoms with Crippen molar-refractivity contribution in [2.24, 2.45) is 5.92 Å². The smallest absolute Gasteiger partial charge is 0.254 e. The first-order chi connectivity index (χ1) is 8.49. The molecule has 0 bridgehead atoms. The lowest BCUT2D eigenvalue weighted by atomic mass is 9.91. The van der Waals surface area contributed by atoms with Crippen LogP contribution in [0.2, 0.25) is 0 Å². The number of rotatable bonds is 1. The van der Waals surface area contributed by atoms with Gasteiger partial charge in [-0.25, -0.2) is 0 Å². The summed E-state index contributed by atoms with van der Waals surface area (Å²) in [6, 6.07) is 6.25. The molecule has 98 valence electrons. The Morgan fingerprint density at radius 2 is 2.06 bits per heavy atom. The first-order valence-corrected chi connectivity index (χ1v) is 7.36. The fourth-order valence-electron chi connectivity index (χ4n) is 2.65. The summed E-state index contributed by atoms with van der Waals surface area (Å²) in [5.74, 6) is 0.759. The Morgan fingerprint density at radius 3 is 2.72 bits per heavy atom. The number of piperidine rings is 1. The van der Waals surface area contributed by atoms with Gasteiger partial charge in [0.25, 0.3) is 5.91 Å². The molecular weight excluding hydrogens is 290 g/mol. The van der Waals surface area contributed by atoms with Crippen LogP contribution in [0.15, 0.2) is 22.7 Å². The molecule has 0 saturated carbocycles. The number of aryl methyl sites for hydroxylation is 1. The van der Waals surface area contributed by atoms with E-state index in [0.717, 1.165) is 28.6 Å². The van der Waals surface area contributed by atoms with Gasteiger partial charge in [0, 0.05) is 22.6 Å². The summed E-state index contributed by atoms with van der Waals surface area (Å²) in [6.07, 6.45) is 2.34. The summed E-state index contributed by atoms with van der Waals surface area (Å²) in [7, 11) is 0. The number of hydrogen-bond acceptors (Lipinski definition) is 1. The maximum Gasteiger partial charge on any atom is 0.254 e. The Bertz CT molecular complexity index is 438. The quantitative estimate of drug-likeness (QED) is 0.767. The van der Waals surface area contributed by atoms with Crippen molar-refractivity contribution < 1.29 is 4.79 Å². The predicted molar refractivity (Wildman–Crippen MR) is 77.8 cm³/mol. The van der Waals surface area contributed by atoms with E-state index in [1.807, 2.05) is 30.0 Å². The molecule has 2 unspecified atom stereocenters. The highest BCUT2D eigenvalue weighted by molar-refractivity contribution is 9.10. The van der Waals surface area contributed by atoms with E-state index in [1.54, 1.807) is 0 Å². The Labute approximate surface area is 117 Å². The minimum atomic E-state index is 0.165. The summed E-state index contributed by atoms with van der Waals surface area (Å²) in [5.41, 5.74) is 1.91. The summed E-state index contributed by atoms with van der Waals surface area (Å²) < 4.78 is 0.976. The molecule has 1 aliphatic heterocycles. The van der Waals surface area contributed by atoms with Gasteiger partial charge in [0.15, 0.2) is 0 Å². The van der Waals surface area contributed by atoms with Crippen LogP contribution >= 0.6 is 15.9 Å². The third-order valence-electron chi connectivity index (χ3n) is 3.92. The van der Waals surface area contributed by atoms with E-state index in [9.17, 15) is 4.79 Å². The highest BCUT2D eigenvalue weighted by Crippen LogP contribution is 2.25.